The molecule has 0 spiro atoms. The van der Waals surface area contributed by atoms with Gasteiger partial charge in [-0.15, -0.1) is 0 Å². The highest BCUT2D eigenvalue weighted by Gasteiger charge is 2.28. The second kappa shape index (κ2) is 16.5. The van der Waals surface area contributed by atoms with Crippen molar-refractivity contribution in [2.75, 3.05) is 36.9 Å². The van der Waals surface area contributed by atoms with Crippen LogP contribution >= 0.6 is 0 Å². The van der Waals surface area contributed by atoms with Gasteiger partial charge in [0.25, 0.3) is 5.91 Å². The van der Waals surface area contributed by atoms with E-state index in [0.29, 0.717) is 36.4 Å². The third-order valence-electron chi connectivity index (χ3n) is 7.60. The fourth-order valence-electron chi connectivity index (χ4n) is 5.22. The number of benzene rings is 3. The minimum absolute atomic E-state index is 0.0184. The molecule has 4 rings (SSSR count). The molecule has 0 unspecified atom stereocenters. The molecule has 2 atom stereocenters. The number of aliphatic hydroxyl groups is 1. The molecular formula is C34H40F2N4O6S. The highest BCUT2D eigenvalue weighted by Crippen LogP contribution is 2.27. The minimum Gasteiger partial charge on any atom is -0.497 e. The van der Waals surface area contributed by atoms with E-state index in [1.165, 1.54) is 22.5 Å². The summed E-state index contributed by atoms with van der Waals surface area (Å²) in [5, 5.41) is 21.3. The number of anilines is 1. The minimum atomic E-state index is -3.62. The van der Waals surface area contributed by atoms with E-state index in [0.717, 1.165) is 23.8 Å². The Balaban J connectivity index is 1.62. The molecule has 47 heavy (non-hydrogen) atoms. The molecular weight excluding hydrogens is 630 g/mol. The molecule has 1 aliphatic rings. The smallest absolute Gasteiger partial charge is 0.251 e. The Kier molecular flexibility index (Phi) is 12.5. The van der Waals surface area contributed by atoms with Gasteiger partial charge in [0, 0.05) is 36.8 Å². The lowest BCUT2D eigenvalue weighted by Gasteiger charge is -2.29. The number of amides is 1. The molecule has 3 aromatic rings. The number of nitrogens with zero attached hydrogens (tertiary/aromatic N) is 2. The quantitative estimate of drug-likeness (QED) is 0.0951. The van der Waals surface area contributed by atoms with E-state index >= 15 is 0 Å². The van der Waals surface area contributed by atoms with Gasteiger partial charge in [0.05, 0.1) is 36.4 Å². The van der Waals surface area contributed by atoms with E-state index in [2.05, 4.69) is 22.4 Å². The Morgan fingerprint density at radius 3 is 2.53 bits per heavy atom. The highest BCUT2D eigenvalue weighted by atomic mass is 32.2. The number of methoxy groups -OCH3 is 1. The monoisotopic (exact) mass is 670 g/mol. The molecule has 0 aromatic heterocycles. The predicted molar refractivity (Wildman–Crippen MR) is 177 cm³/mol. The molecule has 3 aromatic carbocycles. The molecule has 1 fully saturated rings. The number of nitrogens with one attached hydrogen (secondary N) is 2. The maximum absolute atomic E-state index is 14.1. The molecule has 0 aliphatic carbocycles. The molecule has 3 N–H and O–H groups in total. The zero-order valence-corrected chi connectivity index (χ0v) is 27.2. The van der Waals surface area contributed by atoms with Gasteiger partial charge in [-0.05, 0) is 79.8 Å². The largest absolute Gasteiger partial charge is 0.497 e. The van der Waals surface area contributed by atoms with Crippen LogP contribution in [0.25, 0.3) is 0 Å². The molecule has 1 heterocycles. The first-order chi connectivity index (χ1) is 22.5. The molecule has 1 amide bonds. The van der Waals surface area contributed by atoms with Gasteiger partial charge in [0.15, 0.2) is 0 Å². The first-order valence-electron chi connectivity index (χ1n) is 15.2. The van der Waals surface area contributed by atoms with Crippen LogP contribution in [-0.4, -0.2) is 69.8 Å². The standard InChI is InChI=1S/C34H40F2N4O6S/c1-4-11-46-39-23(2)26-17-27(19-30(18-26)40-10-5-6-12-47(40,43)44)34(42)38-32(16-25-13-28(35)20-29(36)14-25)33(41)22-37-21-24-8-7-9-31(15-24)45-3/h4,7-9,13-15,17-20,32-33,37,41H,1,5-6,10-12,16,21-22H2,2-3H3,(H,38,42)/b39-23+/t32-,33+/m0/s1. The zero-order chi connectivity index (χ0) is 34.0. The number of aliphatic hydroxyl groups excluding tert-OH is 1. The Hall–Kier alpha value is -4.33. The second-order valence-corrected chi connectivity index (χ2v) is 13.2. The third kappa shape index (κ3) is 10.1. The van der Waals surface area contributed by atoms with E-state index in [9.17, 15) is 27.1 Å². The van der Waals surface area contributed by atoms with Crippen LogP contribution in [0.5, 0.6) is 5.75 Å². The van der Waals surface area contributed by atoms with Crippen LogP contribution in [0.15, 0.2) is 78.5 Å². The average Bonchev–Trinajstić information content (AvgIpc) is 3.03. The van der Waals surface area contributed by atoms with Crippen molar-refractivity contribution in [1.82, 2.24) is 10.6 Å². The van der Waals surface area contributed by atoms with Gasteiger partial charge < -0.3 is 25.3 Å². The first-order valence-corrected chi connectivity index (χ1v) is 16.8. The Labute approximate surface area is 274 Å². The van der Waals surface area contributed by atoms with Crippen molar-refractivity contribution >= 4 is 27.3 Å². The molecule has 13 heteroatoms. The van der Waals surface area contributed by atoms with Crippen molar-refractivity contribution in [2.45, 2.75) is 44.9 Å². The summed E-state index contributed by atoms with van der Waals surface area (Å²) in [5.41, 5.74) is 2.36. The summed E-state index contributed by atoms with van der Waals surface area (Å²) in [6.07, 6.45) is 1.44. The van der Waals surface area contributed by atoms with Crippen molar-refractivity contribution in [2.24, 2.45) is 5.16 Å². The van der Waals surface area contributed by atoms with Crippen LogP contribution in [0.3, 0.4) is 0 Å². The average molecular weight is 671 g/mol. The van der Waals surface area contributed by atoms with Crippen LogP contribution in [0.4, 0.5) is 14.5 Å². The van der Waals surface area contributed by atoms with Gasteiger partial charge >= 0.3 is 0 Å². The van der Waals surface area contributed by atoms with Crippen LogP contribution in [0.2, 0.25) is 0 Å². The van der Waals surface area contributed by atoms with E-state index in [4.69, 9.17) is 9.57 Å². The van der Waals surface area contributed by atoms with Crippen molar-refractivity contribution in [3.05, 3.63) is 107 Å². The lowest BCUT2D eigenvalue weighted by atomic mass is 9.99. The molecule has 0 saturated carbocycles. The summed E-state index contributed by atoms with van der Waals surface area (Å²) in [6, 6.07) is 14.0. The van der Waals surface area contributed by atoms with Crippen LogP contribution < -0.4 is 19.7 Å². The number of ether oxygens (including phenoxy) is 1. The lowest BCUT2D eigenvalue weighted by molar-refractivity contribution is 0.0830. The summed E-state index contributed by atoms with van der Waals surface area (Å²) in [7, 11) is -2.05. The number of hydrogen-bond donors (Lipinski definition) is 3. The van der Waals surface area contributed by atoms with Gasteiger partial charge in [-0.25, -0.2) is 17.2 Å². The predicted octanol–water partition coefficient (Wildman–Crippen LogP) is 4.32. The lowest BCUT2D eigenvalue weighted by Crippen LogP contribution is -2.48. The van der Waals surface area contributed by atoms with E-state index in [1.807, 2.05) is 24.3 Å². The van der Waals surface area contributed by atoms with Gasteiger partial charge in [0.2, 0.25) is 10.0 Å². The van der Waals surface area contributed by atoms with Gasteiger partial charge in [-0.1, -0.05) is 29.9 Å². The number of hydrogen-bond acceptors (Lipinski definition) is 8. The van der Waals surface area contributed by atoms with Crippen molar-refractivity contribution in [1.29, 1.82) is 0 Å². The van der Waals surface area contributed by atoms with Crippen molar-refractivity contribution in [3.63, 3.8) is 0 Å². The fraction of sp³-hybridized carbons (Fsp3) is 0.353. The molecule has 1 aliphatic heterocycles. The Morgan fingerprint density at radius 1 is 1.09 bits per heavy atom. The number of carbonyl (C=O) groups excluding carboxylic acids is 1. The van der Waals surface area contributed by atoms with Crippen LogP contribution in [0, 0.1) is 11.6 Å². The topological polar surface area (TPSA) is 130 Å². The normalized spacial score (nSPS) is 15.9. The maximum Gasteiger partial charge on any atom is 0.251 e. The first kappa shape index (κ1) is 35.5. The van der Waals surface area contributed by atoms with E-state index in [1.54, 1.807) is 20.1 Å². The molecule has 252 valence electrons. The fourth-order valence-corrected chi connectivity index (χ4v) is 6.84. The van der Waals surface area contributed by atoms with Crippen molar-refractivity contribution in [3.8, 4) is 5.75 Å². The van der Waals surface area contributed by atoms with Gasteiger partial charge in [-0.2, -0.15) is 0 Å². The number of sulfonamides is 1. The van der Waals surface area contributed by atoms with Gasteiger partial charge in [0.1, 0.15) is 24.0 Å². The molecule has 0 radical (unpaired) electrons. The number of rotatable bonds is 15. The third-order valence-corrected chi connectivity index (χ3v) is 9.47. The second-order valence-electron chi connectivity index (χ2n) is 11.2. The summed E-state index contributed by atoms with van der Waals surface area (Å²) in [5.74, 6) is -1.55. The summed E-state index contributed by atoms with van der Waals surface area (Å²) in [4.78, 5) is 19.0. The van der Waals surface area contributed by atoms with Crippen LogP contribution in [-0.2, 0) is 27.8 Å². The number of halogens is 2. The molecule has 0 bridgehead atoms. The van der Waals surface area contributed by atoms with E-state index < -0.39 is 39.7 Å². The van der Waals surface area contributed by atoms with Gasteiger partial charge in [-0.3, -0.25) is 9.10 Å². The Bertz CT molecular complexity index is 1680. The molecule has 10 nitrogen and oxygen atoms in total. The number of carbonyl (C=O) groups is 1. The van der Waals surface area contributed by atoms with Crippen LogP contribution in [0.1, 0.15) is 46.8 Å². The Morgan fingerprint density at radius 2 is 1.83 bits per heavy atom. The summed E-state index contributed by atoms with van der Waals surface area (Å²) in [6.45, 7) is 6.06. The van der Waals surface area contributed by atoms with E-state index in [-0.39, 0.29) is 48.7 Å². The SMILES string of the molecule is C=CCO/N=C(\C)c1cc(C(=O)N[C@@H](Cc2cc(F)cc(F)c2)[C@H](O)CNCc2cccc(OC)c2)cc(N2CCCCS2(=O)=O)c1. The highest BCUT2D eigenvalue weighted by molar-refractivity contribution is 7.92. The summed E-state index contributed by atoms with van der Waals surface area (Å²) < 4.78 is 60.6. The zero-order valence-electron chi connectivity index (χ0n) is 26.4. The summed E-state index contributed by atoms with van der Waals surface area (Å²) >= 11 is 0. The molecule has 1 saturated heterocycles. The maximum atomic E-state index is 14.1. The van der Waals surface area contributed by atoms with Crippen molar-refractivity contribution < 1.29 is 36.7 Å². The number of oxime groups is 1.